The van der Waals surface area contributed by atoms with Crippen LogP contribution in [-0.2, 0) is 4.79 Å². The maximum Gasteiger partial charge on any atom is 0.230 e. The number of thioether (sulfide) groups is 1. The van der Waals surface area contributed by atoms with Gasteiger partial charge in [0.1, 0.15) is 0 Å². The van der Waals surface area contributed by atoms with Crippen molar-refractivity contribution in [3.8, 4) is 0 Å². The van der Waals surface area contributed by atoms with Crippen LogP contribution < -0.4 is 10.6 Å². The van der Waals surface area contributed by atoms with Gasteiger partial charge in [0.15, 0.2) is 4.34 Å². The summed E-state index contributed by atoms with van der Waals surface area (Å²) < 4.78 is 0.810. The van der Waals surface area contributed by atoms with E-state index in [0.29, 0.717) is 11.7 Å². The number of amides is 1. The van der Waals surface area contributed by atoms with Gasteiger partial charge in [-0.15, -0.1) is 21.5 Å². The second kappa shape index (κ2) is 8.50. The van der Waals surface area contributed by atoms with Gasteiger partial charge < -0.3 is 10.6 Å². The van der Waals surface area contributed by atoms with E-state index < -0.39 is 0 Å². The number of hydrogen-bond donors (Lipinski definition) is 2. The number of hydrogen-bond acceptors (Lipinski definition) is 7. The van der Waals surface area contributed by atoms with Gasteiger partial charge in [0, 0.05) is 11.4 Å². The quantitative estimate of drug-likeness (QED) is 0.707. The molecule has 0 radical (unpaired) electrons. The molecule has 1 atom stereocenters. The molecule has 22 heavy (non-hydrogen) atoms. The highest BCUT2D eigenvalue weighted by molar-refractivity contribution is 8.01. The molecular weight excluding hydrogens is 336 g/mol. The van der Waals surface area contributed by atoms with Crippen molar-refractivity contribution in [1.29, 1.82) is 0 Å². The Labute approximate surface area is 142 Å². The van der Waals surface area contributed by atoms with Gasteiger partial charge in [0.2, 0.25) is 11.0 Å². The first-order valence-corrected chi connectivity index (χ1v) is 9.75. The molecule has 0 bridgehead atoms. The van der Waals surface area contributed by atoms with Crippen LogP contribution >= 0.6 is 34.4 Å². The van der Waals surface area contributed by atoms with Gasteiger partial charge in [0.25, 0.3) is 0 Å². The number of nitrogens with zero attached hydrogens (tertiary/aromatic N) is 2. The van der Waals surface area contributed by atoms with E-state index in [4.69, 9.17) is 0 Å². The van der Waals surface area contributed by atoms with E-state index >= 15 is 0 Å². The molecule has 0 aliphatic heterocycles. The van der Waals surface area contributed by atoms with Crippen LogP contribution in [0.5, 0.6) is 0 Å². The number of carbonyl (C=O) groups is 1. The van der Waals surface area contributed by atoms with Gasteiger partial charge in [-0.25, -0.2) is 0 Å². The summed E-state index contributed by atoms with van der Waals surface area (Å²) >= 11 is 4.55. The predicted octanol–water partition coefficient (Wildman–Crippen LogP) is 3.64. The summed E-state index contributed by atoms with van der Waals surface area (Å²) in [6.07, 6.45) is 0. The molecule has 2 rings (SSSR count). The molecule has 0 saturated heterocycles. The number of anilines is 1. The lowest BCUT2D eigenvalue weighted by Gasteiger charge is -2.11. The Balaban J connectivity index is 1.74. The normalized spacial score (nSPS) is 12.4. The van der Waals surface area contributed by atoms with Crippen molar-refractivity contribution in [2.24, 2.45) is 5.92 Å². The molecule has 120 valence electrons. The molecule has 0 aliphatic carbocycles. The maximum absolute atomic E-state index is 12.0. The highest BCUT2D eigenvalue weighted by atomic mass is 32.2. The molecule has 0 aromatic carbocycles. The summed E-state index contributed by atoms with van der Waals surface area (Å²) in [5.74, 6) is 0.927. The van der Waals surface area contributed by atoms with Crippen molar-refractivity contribution >= 4 is 45.5 Å². The van der Waals surface area contributed by atoms with Crippen molar-refractivity contribution < 1.29 is 4.79 Å². The van der Waals surface area contributed by atoms with Crippen molar-refractivity contribution in [1.82, 2.24) is 15.5 Å². The third-order valence-corrected chi connectivity index (χ3v) is 5.81. The molecule has 0 spiro atoms. The number of nitrogens with one attached hydrogen (secondary N) is 2. The highest BCUT2D eigenvalue weighted by Crippen LogP contribution is 2.25. The molecule has 0 fully saturated rings. The minimum Gasteiger partial charge on any atom is -0.360 e. The topological polar surface area (TPSA) is 66.9 Å². The SMILES string of the molecule is CC(C)CNc1nnc(SCC(=O)NC(C)c2cccs2)s1. The van der Waals surface area contributed by atoms with E-state index in [-0.39, 0.29) is 11.9 Å². The van der Waals surface area contributed by atoms with Crippen LogP contribution in [0, 0.1) is 5.92 Å². The lowest BCUT2D eigenvalue weighted by atomic mass is 10.2. The standard InChI is InChI=1S/C14H20N4OS3/c1-9(2)7-15-13-17-18-14(22-13)21-8-12(19)16-10(3)11-5-4-6-20-11/h4-6,9-10H,7-8H2,1-3H3,(H,15,17)(H,16,19). The highest BCUT2D eigenvalue weighted by Gasteiger charge is 2.12. The van der Waals surface area contributed by atoms with E-state index in [1.54, 1.807) is 11.3 Å². The van der Waals surface area contributed by atoms with Crippen LogP contribution in [-0.4, -0.2) is 28.4 Å². The van der Waals surface area contributed by atoms with Gasteiger partial charge in [-0.05, 0) is 24.3 Å². The summed E-state index contributed by atoms with van der Waals surface area (Å²) in [4.78, 5) is 13.1. The largest absolute Gasteiger partial charge is 0.360 e. The van der Waals surface area contributed by atoms with Crippen molar-refractivity contribution in [3.05, 3.63) is 22.4 Å². The Bertz CT molecular complexity index is 583. The van der Waals surface area contributed by atoms with Crippen LogP contribution in [0.2, 0.25) is 0 Å². The van der Waals surface area contributed by atoms with E-state index in [1.807, 2.05) is 24.4 Å². The Kier molecular flexibility index (Phi) is 6.66. The molecule has 5 nitrogen and oxygen atoms in total. The fourth-order valence-electron chi connectivity index (χ4n) is 1.65. The molecule has 2 heterocycles. The Morgan fingerprint density at radius 1 is 1.36 bits per heavy atom. The van der Waals surface area contributed by atoms with Crippen LogP contribution in [0.15, 0.2) is 21.9 Å². The van der Waals surface area contributed by atoms with E-state index in [0.717, 1.165) is 20.9 Å². The first-order valence-electron chi connectivity index (χ1n) is 7.07. The summed E-state index contributed by atoms with van der Waals surface area (Å²) in [7, 11) is 0. The van der Waals surface area contributed by atoms with Crippen molar-refractivity contribution in [2.75, 3.05) is 17.6 Å². The number of thiophene rings is 1. The minimum absolute atomic E-state index is 0.0118. The predicted molar refractivity (Wildman–Crippen MR) is 94.8 cm³/mol. The van der Waals surface area contributed by atoms with Gasteiger partial charge >= 0.3 is 0 Å². The third-order valence-electron chi connectivity index (χ3n) is 2.74. The lowest BCUT2D eigenvalue weighted by molar-refractivity contribution is -0.119. The molecule has 1 amide bonds. The molecule has 2 aromatic heterocycles. The first kappa shape index (κ1) is 17.2. The van der Waals surface area contributed by atoms with Crippen LogP contribution in [0.25, 0.3) is 0 Å². The average Bonchev–Trinajstić information content (AvgIpc) is 3.14. The maximum atomic E-state index is 12.0. The zero-order valence-corrected chi connectivity index (χ0v) is 15.3. The van der Waals surface area contributed by atoms with Crippen molar-refractivity contribution in [2.45, 2.75) is 31.2 Å². The zero-order chi connectivity index (χ0) is 15.9. The van der Waals surface area contributed by atoms with Crippen molar-refractivity contribution in [3.63, 3.8) is 0 Å². The first-order chi connectivity index (χ1) is 10.5. The molecule has 1 unspecified atom stereocenters. The summed E-state index contributed by atoms with van der Waals surface area (Å²) in [6, 6.07) is 4.07. The number of carbonyl (C=O) groups excluding carboxylic acids is 1. The van der Waals surface area contributed by atoms with Crippen LogP contribution in [0.1, 0.15) is 31.7 Å². The van der Waals surface area contributed by atoms with E-state index in [2.05, 4.69) is 34.7 Å². The van der Waals surface area contributed by atoms with Crippen LogP contribution in [0.4, 0.5) is 5.13 Å². The molecule has 2 aromatic rings. The number of aromatic nitrogens is 2. The molecule has 0 saturated carbocycles. The van der Waals surface area contributed by atoms with Gasteiger partial charge in [-0.1, -0.05) is 43.0 Å². The summed E-state index contributed by atoms with van der Waals surface area (Å²) in [6.45, 7) is 7.15. The van der Waals surface area contributed by atoms with Gasteiger partial charge in [-0.2, -0.15) is 0 Å². The zero-order valence-electron chi connectivity index (χ0n) is 12.8. The Hall–Kier alpha value is -1.12. The van der Waals surface area contributed by atoms with E-state index in [1.165, 1.54) is 23.1 Å². The molecular formula is C14H20N4OS3. The Morgan fingerprint density at radius 3 is 2.86 bits per heavy atom. The Morgan fingerprint density at radius 2 is 2.18 bits per heavy atom. The van der Waals surface area contributed by atoms with Crippen LogP contribution in [0.3, 0.4) is 0 Å². The molecule has 0 aliphatic rings. The monoisotopic (exact) mass is 356 g/mol. The fourth-order valence-corrected chi connectivity index (χ4v) is 3.95. The number of rotatable bonds is 8. The van der Waals surface area contributed by atoms with Gasteiger partial charge in [-0.3, -0.25) is 4.79 Å². The lowest BCUT2D eigenvalue weighted by Crippen LogP contribution is -2.27. The summed E-state index contributed by atoms with van der Waals surface area (Å²) in [5.41, 5.74) is 0. The molecule has 2 N–H and O–H groups in total. The smallest absolute Gasteiger partial charge is 0.230 e. The third kappa shape index (κ3) is 5.58. The second-order valence-corrected chi connectivity index (χ2v) is 8.42. The minimum atomic E-state index is 0.0118. The van der Waals surface area contributed by atoms with Gasteiger partial charge in [0.05, 0.1) is 11.8 Å². The summed E-state index contributed by atoms with van der Waals surface area (Å²) in [5, 5.41) is 17.2. The second-order valence-electron chi connectivity index (χ2n) is 5.24. The van der Waals surface area contributed by atoms with E-state index in [9.17, 15) is 4.79 Å². The molecule has 8 heteroatoms. The average molecular weight is 357 g/mol. The fraction of sp³-hybridized carbons (Fsp3) is 0.500.